The van der Waals surface area contributed by atoms with Crippen molar-refractivity contribution in [3.8, 4) is 11.3 Å². The molecule has 0 atom stereocenters. The second-order valence-corrected chi connectivity index (χ2v) is 11.6. The number of benzene rings is 1. The number of halogens is 2. The van der Waals surface area contributed by atoms with E-state index in [4.69, 9.17) is 27.7 Å². The monoisotopic (exact) mass is 548 g/mol. The minimum Gasteiger partial charge on any atom is -0.476 e. The summed E-state index contributed by atoms with van der Waals surface area (Å²) in [6.07, 6.45) is 9.76. The van der Waals surface area contributed by atoms with E-state index in [0.717, 1.165) is 73.5 Å². The topological polar surface area (TPSA) is 83.9 Å². The first kappa shape index (κ1) is 23.8. The lowest BCUT2D eigenvalue weighted by Crippen LogP contribution is -2.42. The number of anilines is 1. The normalized spacial score (nSPS) is 18.6. The van der Waals surface area contributed by atoms with Gasteiger partial charge in [-0.05, 0) is 74.3 Å². The molecule has 0 amide bonds. The maximum atomic E-state index is 11.5. The van der Waals surface area contributed by atoms with E-state index < -0.39 is 5.97 Å². The minimum atomic E-state index is -1.01. The van der Waals surface area contributed by atoms with Gasteiger partial charge >= 0.3 is 5.97 Å². The third kappa shape index (κ3) is 3.75. The van der Waals surface area contributed by atoms with Gasteiger partial charge < -0.3 is 18.9 Å². The molecule has 9 heteroatoms. The minimum absolute atomic E-state index is 0.0931. The lowest BCUT2D eigenvalue weighted by atomic mass is 9.63. The van der Waals surface area contributed by atoms with Gasteiger partial charge in [-0.25, -0.2) is 9.78 Å². The molecule has 7 nitrogen and oxygen atoms in total. The molecule has 0 bridgehead atoms. The number of carbonyl (C=O) groups is 1. The molecule has 1 aromatic carbocycles. The fraction of sp³-hybridized carbons (Fsp3) is 0.345. The van der Waals surface area contributed by atoms with Gasteiger partial charge in [0.15, 0.2) is 5.69 Å². The van der Waals surface area contributed by atoms with Crippen molar-refractivity contribution in [2.24, 2.45) is 5.41 Å². The number of aromatic nitrogens is 3. The zero-order valence-corrected chi connectivity index (χ0v) is 22.4. The summed E-state index contributed by atoms with van der Waals surface area (Å²) >= 11 is 13.1. The first-order valence-corrected chi connectivity index (χ1v) is 13.7. The molecule has 1 aliphatic heterocycles. The van der Waals surface area contributed by atoms with Crippen LogP contribution >= 0.6 is 23.2 Å². The van der Waals surface area contributed by atoms with Crippen LogP contribution in [-0.4, -0.2) is 38.7 Å². The maximum Gasteiger partial charge on any atom is 0.356 e. The van der Waals surface area contributed by atoms with Gasteiger partial charge in [-0.3, -0.25) is 0 Å². The number of piperidine rings is 1. The van der Waals surface area contributed by atoms with Crippen LogP contribution in [0.1, 0.15) is 65.7 Å². The van der Waals surface area contributed by atoms with E-state index in [0.29, 0.717) is 27.3 Å². The summed E-state index contributed by atoms with van der Waals surface area (Å²) in [5.74, 6) is 1.07. The second kappa shape index (κ2) is 8.61. The van der Waals surface area contributed by atoms with Crippen LogP contribution < -0.4 is 4.90 Å². The van der Waals surface area contributed by atoms with Gasteiger partial charge in [0.1, 0.15) is 17.3 Å². The number of nitrogens with zero attached hydrogens (tertiary/aromatic N) is 4. The highest BCUT2D eigenvalue weighted by Gasteiger charge is 2.44. The van der Waals surface area contributed by atoms with Gasteiger partial charge in [-0.1, -0.05) is 40.5 Å². The summed E-state index contributed by atoms with van der Waals surface area (Å²) in [5, 5.41) is 15.1. The largest absolute Gasteiger partial charge is 0.476 e. The van der Waals surface area contributed by atoms with Crippen molar-refractivity contribution >= 4 is 45.9 Å². The number of aromatic carboxylic acids is 1. The van der Waals surface area contributed by atoms with Crippen LogP contribution in [0.4, 0.5) is 5.69 Å². The van der Waals surface area contributed by atoms with Crippen molar-refractivity contribution in [3.05, 3.63) is 75.5 Å². The molecule has 1 N–H and O–H groups in total. The van der Waals surface area contributed by atoms with E-state index in [9.17, 15) is 9.90 Å². The highest BCUT2D eigenvalue weighted by atomic mass is 35.5. The predicted molar refractivity (Wildman–Crippen MR) is 147 cm³/mol. The molecule has 1 saturated carbocycles. The van der Waals surface area contributed by atoms with Crippen LogP contribution in [0.3, 0.4) is 0 Å². The number of hydrogen-bond donors (Lipinski definition) is 1. The van der Waals surface area contributed by atoms with Crippen LogP contribution in [0.15, 0.2) is 47.1 Å². The summed E-state index contributed by atoms with van der Waals surface area (Å²) in [4.78, 5) is 18.1. The number of carboxylic acid groups (broad SMARTS) is 1. The van der Waals surface area contributed by atoms with Crippen molar-refractivity contribution in [2.75, 3.05) is 18.0 Å². The highest BCUT2D eigenvalue weighted by molar-refractivity contribution is 6.39. The first-order chi connectivity index (χ1) is 18.3. The second-order valence-electron chi connectivity index (χ2n) is 10.8. The standard InChI is InChI=1S/C29H26Cl2N4O3/c1-16-32-25(28(36)37)22-8-7-19(15-35(16)22)34-11-9-29(10-12-34)13-18(14-29)23-26(33-38-27(23)17-5-6-17)24-20(30)3-2-4-21(24)31/h2-4,7-8,13,15,17H,5-6,9-12,14H2,1H3,(H,36,37). The molecule has 4 heterocycles. The third-order valence-electron chi connectivity index (χ3n) is 8.33. The SMILES string of the molecule is Cc1nc(C(=O)O)c2ccc(N3CCC4(C=C(c5c(-c6c(Cl)cccc6Cl)noc5C5CC5)C4)CC3)cn12. The van der Waals surface area contributed by atoms with Gasteiger partial charge in [0.25, 0.3) is 0 Å². The van der Waals surface area contributed by atoms with Crippen LogP contribution in [0.5, 0.6) is 0 Å². The lowest BCUT2D eigenvalue weighted by molar-refractivity contribution is 0.0693. The Bertz CT molecular complexity index is 1620. The van der Waals surface area contributed by atoms with Crippen molar-refractivity contribution in [1.82, 2.24) is 14.5 Å². The fourth-order valence-electron chi connectivity index (χ4n) is 6.11. The molecule has 3 aliphatic rings. The Balaban J connectivity index is 1.14. The Morgan fingerprint density at radius 3 is 2.47 bits per heavy atom. The summed E-state index contributed by atoms with van der Waals surface area (Å²) < 4.78 is 7.76. The van der Waals surface area contributed by atoms with Crippen molar-refractivity contribution < 1.29 is 14.4 Å². The van der Waals surface area contributed by atoms with Crippen molar-refractivity contribution in [3.63, 3.8) is 0 Å². The molecule has 0 radical (unpaired) electrons. The van der Waals surface area contributed by atoms with E-state index >= 15 is 0 Å². The average Bonchev–Trinajstić information content (AvgIpc) is 3.56. The van der Waals surface area contributed by atoms with Crippen LogP contribution in [0.2, 0.25) is 10.0 Å². The summed E-state index contributed by atoms with van der Waals surface area (Å²) in [5.41, 5.74) is 5.83. The number of imidazole rings is 1. The smallest absolute Gasteiger partial charge is 0.356 e. The number of pyridine rings is 1. The molecule has 2 aliphatic carbocycles. The third-order valence-corrected chi connectivity index (χ3v) is 8.96. The first-order valence-electron chi connectivity index (χ1n) is 13.0. The van der Waals surface area contributed by atoms with Crippen LogP contribution in [0.25, 0.3) is 22.3 Å². The van der Waals surface area contributed by atoms with E-state index in [1.807, 2.05) is 47.9 Å². The number of fused-ring (bicyclic) bond motifs is 1. The molecule has 3 aromatic heterocycles. The molecule has 4 aromatic rings. The Hall–Kier alpha value is -3.29. The molecule has 1 spiro atoms. The van der Waals surface area contributed by atoms with Crippen LogP contribution in [-0.2, 0) is 0 Å². The zero-order valence-electron chi connectivity index (χ0n) is 20.9. The summed E-state index contributed by atoms with van der Waals surface area (Å²) in [6, 6.07) is 9.39. The predicted octanol–water partition coefficient (Wildman–Crippen LogP) is 7.25. The van der Waals surface area contributed by atoms with Gasteiger partial charge in [-0.2, -0.15) is 0 Å². The van der Waals surface area contributed by atoms with E-state index in [-0.39, 0.29) is 11.1 Å². The molecule has 2 fully saturated rings. The summed E-state index contributed by atoms with van der Waals surface area (Å²) in [7, 11) is 0. The lowest BCUT2D eigenvalue weighted by Gasteiger charge is -2.47. The molecule has 0 unspecified atom stereocenters. The molecule has 38 heavy (non-hydrogen) atoms. The molecular weight excluding hydrogens is 523 g/mol. The van der Waals surface area contributed by atoms with Gasteiger partial charge in [0.05, 0.1) is 21.2 Å². The Kier molecular flexibility index (Phi) is 5.39. The average molecular weight is 549 g/mol. The number of aryl methyl sites for hydroxylation is 1. The molecular formula is C29H26Cl2N4O3. The Morgan fingerprint density at radius 1 is 1.11 bits per heavy atom. The number of carboxylic acids is 1. The molecule has 194 valence electrons. The molecule has 1 saturated heterocycles. The molecule has 7 rings (SSSR count). The van der Waals surface area contributed by atoms with Crippen molar-refractivity contribution in [2.45, 2.75) is 44.9 Å². The van der Waals surface area contributed by atoms with Gasteiger partial charge in [-0.15, -0.1) is 0 Å². The van der Waals surface area contributed by atoms with Gasteiger partial charge in [0, 0.05) is 36.3 Å². The van der Waals surface area contributed by atoms with Crippen LogP contribution in [0, 0.1) is 12.3 Å². The Morgan fingerprint density at radius 2 is 1.82 bits per heavy atom. The Labute approximate surface area is 229 Å². The van der Waals surface area contributed by atoms with Gasteiger partial charge in [0.2, 0.25) is 0 Å². The quantitative estimate of drug-likeness (QED) is 0.282. The summed E-state index contributed by atoms with van der Waals surface area (Å²) in [6.45, 7) is 3.69. The van der Waals surface area contributed by atoms with E-state index in [1.54, 1.807) is 0 Å². The number of rotatable bonds is 5. The maximum absolute atomic E-state index is 11.5. The fourth-order valence-corrected chi connectivity index (χ4v) is 6.69. The van der Waals surface area contributed by atoms with Crippen molar-refractivity contribution in [1.29, 1.82) is 0 Å². The highest BCUT2D eigenvalue weighted by Crippen LogP contribution is 2.56. The zero-order chi connectivity index (χ0) is 26.2. The number of allylic oxidation sites excluding steroid dienone is 2. The number of hydrogen-bond acceptors (Lipinski definition) is 5. The van der Waals surface area contributed by atoms with E-state index in [2.05, 4.69) is 21.1 Å². The van der Waals surface area contributed by atoms with E-state index in [1.165, 1.54) is 5.57 Å².